The number of amides is 1. The largest absolute Gasteiger partial charge is 0.338 e. The Labute approximate surface area is 156 Å². The standard InChI is InChI=1S/C18H22BrN5O/c1-22(13-15-3-5-16(19)6-4-15)14-17(25)23-9-11-24(12-10-23)18-20-7-2-8-21-18/h2-8H,9-14H2,1H3. The Morgan fingerprint density at radius 3 is 2.40 bits per heavy atom. The van der Waals surface area contributed by atoms with Crippen LogP contribution in [0.25, 0.3) is 0 Å². The molecule has 1 aromatic heterocycles. The molecule has 2 heterocycles. The van der Waals surface area contributed by atoms with E-state index in [4.69, 9.17) is 0 Å². The van der Waals surface area contributed by atoms with Crippen molar-refractivity contribution in [2.24, 2.45) is 0 Å². The number of likely N-dealkylation sites (N-methyl/N-ethyl adjacent to an activating group) is 1. The second-order valence-corrected chi connectivity index (χ2v) is 7.13. The summed E-state index contributed by atoms with van der Waals surface area (Å²) in [4.78, 5) is 27.2. The van der Waals surface area contributed by atoms with Crippen LogP contribution >= 0.6 is 15.9 Å². The summed E-state index contributed by atoms with van der Waals surface area (Å²) in [6, 6.07) is 10.0. The van der Waals surface area contributed by atoms with Crippen LogP contribution in [0.2, 0.25) is 0 Å². The Morgan fingerprint density at radius 1 is 1.12 bits per heavy atom. The van der Waals surface area contributed by atoms with Crippen LogP contribution in [-0.2, 0) is 11.3 Å². The van der Waals surface area contributed by atoms with E-state index < -0.39 is 0 Å². The first-order chi connectivity index (χ1) is 12.1. The van der Waals surface area contributed by atoms with Crippen molar-refractivity contribution in [3.8, 4) is 0 Å². The maximum absolute atomic E-state index is 12.5. The first-order valence-electron chi connectivity index (χ1n) is 8.34. The minimum Gasteiger partial charge on any atom is -0.338 e. The van der Waals surface area contributed by atoms with Crippen LogP contribution in [0.1, 0.15) is 5.56 Å². The van der Waals surface area contributed by atoms with Crippen LogP contribution in [0, 0.1) is 0 Å². The number of hydrogen-bond acceptors (Lipinski definition) is 5. The summed E-state index contributed by atoms with van der Waals surface area (Å²) in [5.74, 6) is 0.912. The molecule has 1 aliphatic heterocycles. The third-order valence-electron chi connectivity index (χ3n) is 4.24. The Bertz CT molecular complexity index is 686. The maximum Gasteiger partial charge on any atom is 0.236 e. The molecule has 6 nitrogen and oxygen atoms in total. The maximum atomic E-state index is 12.5. The summed E-state index contributed by atoms with van der Waals surface area (Å²) < 4.78 is 1.07. The number of aromatic nitrogens is 2. The normalized spacial score (nSPS) is 14.8. The van der Waals surface area contributed by atoms with E-state index in [0.717, 1.165) is 30.1 Å². The Balaban J connectivity index is 1.46. The van der Waals surface area contributed by atoms with Gasteiger partial charge in [0.05, 0.1) is 6.54 Å². The molecule has 0 spiro atoms. The van der Waals surface area contributed by atoms with Gasteiger partial charge in [-0.25, -0.2) is 9.97 Å². The topological polar surface area (TPSA) is 52.6 Å². The fourth-order valence-electron chi connectivity index (χ4n) is 2.90. The van der Waals surface area contributed by atoms with E-state index >= 15 is 0 Å². The molecule has 0 aliphatic carbocycles. The van der Waals surface area contributed by atoms with Gasteiger partial charge in [0, 0.05) is 49.6 Å². The van der Waals surface area contributed by atoms with Crippen molar-refractivity contribution in [2.75, 3.05) is 44.7 Å². The lowest BCUT2D eigenvalue weighted by molar-refractivity contribution is -0.132. The molecule has 1 amide bonds. The molecule has 0 N–H and O–H groups in total. The number of benzene rings is 1. The Kier molecular flexibility index (Phi) is 5.99. The van der Waals surface area contributed by atoms with Gasteiger partial charge in [-0.3, -0.25) is 9.69 Å². The van der Waals surface area contributed by atoms with E-state index in [1.54, 1.807) is 12.4 Å². The van der Waals surface area contributed by atoms with Crippen molar-refractivity contribution in [3.05, 3.63) is 52.8 Å². The van der Waals surface area contributed by atoms with Gasteiger partial charge in [-0.1, -0.05) is 28.1 Å². The van der Waals surface area contributed by atoms with E-state index in [1.807, 2.05) is 30.1 Å². The van der Waals surface area contributed by atoms with Gasteiger partial charge in [0.25, 0.3) is 0 Å². The van der Waals surface area contributed by atoms with Crippen molar-refractivity contribution in [1.29, 1.82) is 0 Å². The zero-order chi connectivity index (χ0) is 17.6. The molecule has 0 unspecified atom stereocenters. The number of carbonyl (C=O) groups excluding carboxylic acids is 1. The zero-order valence-electron chi connectivity index (χ0n) is 14.3. The molecule has 1 aliphatic rings. The van der Waals surface area contributed by atoms with Crippen LogP contribution in [0.5, 0.6) is 0 Å². The van der Waals surface area contributed by atoms with Crippen LogP contribution in [-0.4, -0.2) is 65.4 Å². The molecule has 1 aromatic carbocycles. The quantitative estimate of drug-likeness (QED) is 0.764. The second kappa shape index (κ2) is 8.40. The summed E-state index contributed by atoms with van der Waals surface area (Å²) in [7, 11) is 1.98. The highest BCUT2D eigenvalue weighted by Gasteiger charge is 2.23. The molecule has 3 rings (SSSR count). The number of piperazine rings is 1. The molecule has 7 heteroatoms. The average molecular weight is 404 g/mol. The number of rotatable bonds is 5. The summed E-state index contributed by atoms with van der Waals surface area (Å²) in [6.45, 7) is 4.15. The third kappa shape index (κ3) is 4.99. The number of hydrogen-bond donors (Lipinski definition) is 0. The predicted molar refractivity (Wildman–Crippen MR) is 101 cm³/mol. The van der Waals surface area contributed by atoms with Crippen molar-refractivity contribution in [3.63, 3.8) is 0 Å². The van der Waals surface area contributed by atoms with E-state index in [0.29, 0.717) is 19.6 Å². The summed E-state index contributed by atoms with van der Waals surface area (Å²) in [6.07, 6.45) is 3.49. The van der Waals surface area contributed by atoms with Crippen LogP contribution in [0.4, 0.5) is 5.95 Å². The van der Waals surface area contributed by atoms with Crippen molar-refractivity contribution in [2.45, 2.75) is 6.54 Å². The molecule has 0 saturated carbocycles. The van der Waals surface area contributed by atoms with E-state index in [-0.39, 0.29) is 5.91 Å². The van der Waals surface area contributed by atoms with Gasteiger partial charge in [-0.15, -0.1) is 0 Å². The monoisotopic (exact) mass is 403 g/mol. The highest BCUT2D eigenvalue weighted by atomic mass is 79.9. The highest BCUT2D eigenvalue weighted by Crippen LogP contribution is 2.13. The molecule has 1 saturated heterocycles. The first-order valence-corrected chi connectivity index (χ1v) is 9.14. The lowest BCUT2D eigenvalue weighted by Gasteiger charge is -2.35. The van der Waals surface area contributed by atoms with Gasteiger partial charge in [0.2, 0.25) is 11.9 Å². The van der Waals surface area contributed by atoms with Crippen molar-refractivity contribution >= 4 is 27.8 Å². The smallest absolute Gasteiger partial charge is 0.236 e. The van der Waals surface area contributed by atoms with Crippen molar-refractivity contribution in [1.82, 2.24) is 19.8 Å². The highest BCUT2D eigenvalue weighted by molar-refractivity contribution is 9.10. The molecule has 1 fully saturated rings. The Hall–Kier alpha value is -1.99. The molecule has 0 bridgehead atoms. The van der Waals surface area contributed by atoms with Gasteiger partial charge >= 0.3 is 0 Å². The van der Waals surface area contributed by atoms with Crippen LogP contribution in [0.15, 0.2) is 47.2 Å². The van der Waals surface area contributed by atoms with Crippen LogP contribution in [0.3, 0.4) is 0 Å². The predicted octanol–water partition coefficient (Wildman–Crippen LogP) is 2.02. The first kappa shape index (κ1) is 17.8. The number of carbonyl (C=O) groups is 1. The molecular weight excluding hydrogens is 382 g/mol. The molecule has 0 radical (unpaired) electrons. The Morgan fingerprint density at radius 2 is 1.76 bits per heavy atom. The number of anilines is 1. The van der Waals surface area contributed by atoms with E-state index in [1.165, 1.54) is 5.56 Å². The SMILES string of the molecule is CN(CC(=O)N1CCN(c2ncccn2)CC1)Cc1ccc(Br)cc1. The van der Waals surface area contributed by atoms with Gasteiger partial charge in [-0.2, -0.15) is 0 Å². The molecule has 2 aromatic rings. The van der Waals surface area contributed by atoms with E-state index in [2.05, 4.69) is 47.8 Å². The number of nitrogens with zero attached hydrogens (tertiary/aromatic N) is 5. The van der Waals surface area contributed by atoms with Gasteiger partial charge in [0.15, 0.2) is 0 Å². The number of halogens is 1. The zero-order valence-corrected chi connectivity index (χ0v) is 15.9. The average Bonchev–Trinajstić information content (AvgIpc) is 2.64. The third-order valence-corrected chi connectivity index (χ3v) is 4.77. The molecular formula is C18H22BrN5O. The van der Waals surface area contributed by atoms with Gasteiger partial charge in [-0.05, 0) is 30.8 Å². The summed E-state index contributed by atoms with van der Waals surface area (Å²) in [5.41, 5.74) is 1.20. The van der Waals surface area contributed by atoms with Crippen LogP contribution < -0.4 is 4.90 Å². The minimum atomic E-state index is 0.174. The van der Waals surface area contributed by atoms with E-state index in [9.17, 15) is 4.79 Å². The lowest BCUT2D eigenvalue weighted by atomic mass is 10.2. The van der Waals surface area contributed by atoms with Gasteiger partial charge in [0.1, 0.15) is 0 Å². The van der Waals surface area contributed by atoms with Crippen molar-refractivity contribution < 1.29 is 4.79 Å². The molecule has 25 heavy (non-hydrogen) atoms. The molecule has 0 atom stereocenters. The second-order valence-electron chi connectivity index (χ2n) is 6.22. The fraction of sp³-hybridized carbons (Fsp3) is 0.389. The fourth-order valence-corrected chi connectivity index (χ4v) is 3.16. The summed E-state index contributed by atoms with van der Waals surface area (Å²) >= 11 is 3.44. The minimum absolute atomic E-state index is 0.174. The lowest BCUT2D eigenvalue weighted by Crippen LogP contribution is -2.51. The van der Waals surface area contributed by atoms with Gasteiger partial charge < -0.3 is 9.80 Å². The molecule has 132 valence electrons. The summed E-state index contributed by atoms with van der Waals surface area (Å²) in [5, 5.41) is 0.